The van der Waals surface area contributed by atoms with Crippen molar-refractivity contribution in [1.29, 1.82) is 0 Å². The average Bonchev–Trinajstić information content (AvgIpc) is 2.39. The SMILES string of the molecule is CC(C)Oc1ccccc1OCc1ccc(Cl)nc1. The molecule has 3 nitrogen and oxygen atoms in total. The molecular weight excluding hydrogens is 262 g/mol. The van der Waals surface area contributed by atoms with Crippen molar-refractivity contribution >= 4 is 11.6 Å². The molecule has 0 saturated heterocycles. The Labute approximate surface area is 118 Å². The van der Waals surface area contributed by atoms with Gasteiger partial charge in [0.2, 0.25) is 0 Å². The lowest BCUT2D eigenvalue weighted by Gasteiger charge is -2.14. The Morgan fingerprint density at radius 2 is 1.84 bits per heavy atom. The van der Waals surface area contributed by atoms with E-state index in [2.05, 4.69) is 4.98 Å². The largest absolute Gasteiger partial charge is 0.487 e. The highest BCUT2D eigenvalue weighted by Crippen LogP contribution is 2.28. The molecule has 0 radical (unpaired) electrons. The Kier molecular flexibility index (Phi) is 4.63. The first-order chi connectivity index (χ1) is 9.15. The molecule has 0 aliphatic rings. The van der Waals surface area contributed by atoms with Crippen molar-refractivity contribution in [3.63, 3.8) is 0 Å². The second-order valence-electron chi connectivity index (χ2n) is 4.39. The third kappa shape index (κ3) is 4.14. The molecule has 0 aliphatic carbocycles. The van der Waals surface area contributed by atoms with Crippen molar-refractivity contribution in [2.45, 2.75) is 26.6 Å². The molecule has 1 aromatic carbocycles. The molecule has 0 N–H and O–H groups in total. The van der Waals surface area contributed by atoms with E-state index >= 15 is 0 Å². The minimum absolute atomic E-state index is 0.113. The molecular formula is C15H16ClNO2. The van der Waals surface area contributed by atoms with E-state index in [4.69, 9.17) is 21.1 Å². The van der Waals surface area contributed by atoms with Gasteiger partial charge in [-0.2, -0.15) is 0 Å². The normalized spacial score (nSPS) is 10.5. The van der Waals surface area contributed by atoms with Crippen molar-refractivity contribution in [3.8, 4) is 11.5 Å². The summed E-state index contributed by atoms with van der Waals surface area (Å²) in [4.78, 5) is 4.02. The van der Waals surface area contributed by atoms with Crippen LogP contribution in [-0.4, -0.2) is 11.1 Å². The number of hydrogen-bond acceptors (Lipinski definition) is 3. The summed E-state index contributed by atoms with van der Waals surface area (Å²) in [5.74, 6) is 1.48. The summed E-state index contributed by atoms with van der Waals surface area (Å²) in [5.41, 5.74) is 0.962. The number of nitrogens with zero attached hydrogens (tertiary/aromatic N) is 1. The van der Waals surface area contributed by atoms with Gasteiger partial charge in [0.05, 0.1) is 6.10 Å². The zero-order valence-electron chi connectivity index (χ0n) is 11.0. The van der Waals surface area contributed by atoms with E-state index in [0.717, 1.165) is 17.1 Å². The summed E-state index contributed by atoms with van der Waals surface area (Å²) in [7, 11) is 0. The van der Waals surface area contributed by atoms with E-state index in [1.165, 1.54) is 0 Å². The van der Waals surface area contributed by atoms with Gasteiger partial charge in [-0.25, -0.2) is 4.98 Å². The first-order valence-corrected chi connectivity index (χ1v) is 6.52. The van der Waals surface area contributed by atoms with Crippen molar-refractivity contribution in [3.05, 3.63) is 53.3 Å². The number of benzene rings is 1. The summed E-state index contributed by atoms with van der Waals surface area (Å²) in [5, 5.41) is 0.479. The minimum Gasteiger partial charge on any atom is -0.487 e. The fourth-order valence-corrected chi connectivity index (χ4v) is 1.69. The van der Waals surface area contributed by atoms with Crippen molar-refractivity contribution in [1.82, 2.24) is 4.98 Å². The summed E-state index contributed by atoms with van der Waals surface area (Å²) in [6.07, 6.45) is 1.82. The van der Waals surface area contributed by atoms with Crippen LogP contribution in [0, 0.1) is 0 Å². The lowest BCUT2D eigenvalue weighted by Crippen LogP contribution is -2.07. The maximum Gasteiger partial charge on any atom is 0.161 e. The number of ether oxygens (including phenoxy) is 2. The highest BCUT2D eigenvalue weighted by molar-refractivity contribution is 6.29. The highest BCUT2D eigenvalue weighted by atomic mass is 35.5. The molecule has 0 unspecified atom stereocenters. The maximum absolute atomic E-state index is 5.76. The monoisotopic (exact) mass is 277 g/mol. The molecule has 2 rings (SSSR count). The number of aromatic nitrogens is 1. The van der Waals surface area contributed by atoms with Gasteiger partial charge in [-0.1, -0.05) is 29.8 Å². The van der Waals surface area contributed by atoms with Crippen LogP contribution < -0.4 is 9.47 Å². The predicted octanol–water partition coefficient (Wildman–Crippen LogP) is 4.10. The van der Waals surface area contributed by atoms with E-state index in [0.29, 0.717) is 11.8 Å². The molecule has 0 fully saturated rings. The van der Waals surface area contributed by atoms with E-state index in [1.807, 2.05) is 44.2 Å². The Morgan fingerprint density at radius 3 is 2.47 bits per heavy atom. The first-order valence-electron chi connectivity index (χ1n) is 6.14. The van der Waals surface area contributed by atoms with Gasteiger partial charge in [0.25, 0.3) is 0 Å². The number of para-hydroxylation sites is 2. The zero-order valence-corrected chi connectivity index (χ0v) is 11.7. The van der Waals surface area contributed by atoms with Crippen LogP contribution >= 0.6 is 11.6 Å². The van der Waals surface area contributed by atoms with Gasteiger partial charge in [-0.05, 0) is 32.0 Å². The standard InChI is InChI=1S/C15H16ClNO2/c1-11(2)19-14-6-4-3-5-13(14)18-10-12-7-8-15(16)17-9-12/h3-9,11H,10H2,1-2H3. The van der Waals surface area contributed by atoms with Crippen molar-refractivity contribution < 1.29 is 9.47 Å². The summed E-state index contributed by atoms with van der Waals surface area (Å²) in [6, 6.07) is 11.3. The van der Waals surface area contributed by atoms with Gasteiger partial charge in [0.15, 0.2) is 11.5 Å². The summed E-state index contributed by atoms with van der Waals surface area (Å²) >= 11 is 5.74. The molecule has 1 heterocycles. The quantitative estimate of drug-likeness (QED) is 0.771. The van der Waals surface area contributed by atoms with E-state index < -0.39 is 0 Å². The Balaban J connectivity index is 2.04. The van der Waals surface area contributed by atoms with Crippen LogP contribution in [0.15, 0.2) is 42.6 Å². The molecule has 1 aromatic heterocycles. The predicted molar refractivity (Wildman–Crippen MR) is 75.8 cm³/mol. The van der Waals surface area contributed by atoms with Gasteiger partial charge >= 0.3 is 0 Å². The molecule has 0 bridgehead atoms. The second kappa shape index (κ2) is 6.43. The van der Waals surface area contributed by atoms with E-state index in [1.54, 1.807) is 12.3 Å². The molecule has 2 aromatic rings. The minimum atomic E-state index is 0.113. The lowest BCUT2D eigenvalue weighted by molar-refractivity contribution is 0.218. The molecule has 100 valence electrons. The Bertz CT molecular complexity index is 526. The van der Waals surface area contributed by atoms with Crippen LogP contribution in [0.2, 0.25) is 5.15 Å². The molecule has 0 spiro atoms. The van der Waals surface area contributed by atoms with Crippen LogP contribution in [0.3, 0.4) is 0 Å². The van der Waals surface area contributed by atoms with Gasteiger partial charge < -0.3 is 9.47 Å². The molecule has 0 atom stereocenters. The van der Waals surface area contributed by atoms with Gasteiger partial charge in [0, 0.05) is 11.8 Å². The molecule has 0 aliphatic heterocycles. The maximum atomic E-state index is 5.76. The van der Waals surface area contributed by atoms with Gasteiger partial charge in [-0.15, -0.1) is 0 Å². The fourth-order valence-electron chi connectivity index (χ4n) is 1.57. The summed E-state index contributed by atoms with van der Waals surface area (Å²) in [6.45, 7) is 4.41. The highest BCUT2D eigenvalue weighted by Gasteiger charge is 2.06. The molecule has 0 amide bonds. The zero-order chi connectivity index (χ0) is 13.7. The van der Waals surface area contributed by atoms with Crippen LogP contribution in [0.4, 0.5) is 0 Å². The Morgan fingerprint density at radius 1 is 1.11 bits per heavy atom. The molecule has 19 heavy (non-hydrogen) atoms. The van der Waals surface area contributed by atoms with E-state index in [-0.39, 0.29) is 6.10 Å². The van der Waals surface area contributed by atoms with Crippen LogP contribution in [-0.2, 0) is 6.61 Å². The van der Waals surface area contributed by atoms with E-state index in [9.17, 15) is 0 Å². The number of halogens is 1. The van der Waals surface area contributed by atoms with Crippen LogP contribution in [0.25, 0.3) is 0 Å². The topological polar surface area (TPSA) is 31.4 Å². The van der Waals surface area contributed by atoms with Crippen molar-refractivity contribution in [2.24, 2.45) is 0 Å². The summed E-state index contributed by atoms with van der Waals surface area (Å²) < 4.78 is 11.4. The number of rotatable bonds is 5. The third-order valence-corrected chi connectivity index (χ3v) is 2.62. The second-order valence-corrected chi connectivity index (χ2v) is 4.78. The molecule has 0 saturated carbocycles. The van der Waals surface area contributed by atoms with Crippen molar-refractivity contribution in [2.75, 3.05) is 0 Å². The smallest absolute Gasteiger partial charge is 0.161 e. The lowest BCUT2D eigenvalue weighted by atomic mass is 10.3. The van der Waals surface area contributed by atoms with Crippen LogP contribution in [0.5, 0.6) is 11.5 Å². The number of pyridine rings is 1. The van der Waals surface area contributed by atoms with Crippen LogP contribution in [0.1, 0.15) is 19.4 Å². The number of hydrogen-bond donors (Lipinski definition) is 0. The van der Waals surface area contributed by atoms with Gasteiger partial charge in [0.1, 0.15) is 11.8 Å². The fraction of sp³-hybridized carbons (Fsp3) is 0.267. The van der Waals surface area contributed by atoms with Gasteiger partial charge in [-0.3, -0.25) is 0 Å². The average molecular weight is 278 g/mol. The molecule has 4 heteroatoms. The Hall–Kier alpha value is -1.74. The first kappa shape index (κ1) is 13.7. The third-order valence-electron chi connectivity index (χ3n) is 2.39.